The molecule has 0 unspecified atom stereocenters. The fourth-order valence-corrected chi connectivity index (χ4v) is 2.90. The third-order valence-electron chi connectivity index (χ3n) is 4.35. The fraction of sp³-hybridized carbons (Fsp3) is 0.368. The Morgan fingerprint density at radius 1 is 1.25 bits per heavy atom. The zero-order valence-electron chi connectivity index (χ0n) is 15.5. The van der Waals surface area contributed by atoms with E-state index >= 15 is 0 Å². The van der Waals surface area contributed by atoms with E-state index < -0.39 is 0 Å². The van der Waals surface area contributed by atoms with Crippen LogP contribution in [0.1, 0.15) is 30.1 Å². The summed E-state index contributed by atoms with van der Waals surface area (Å²) in [6.45, 7) is 3.19. The highest BCUT2D eigenvalue weighted by Gasteiger charge is 2.25. The van der Waals surface area contributed by atoms with Gasteiger partial charge in [0.15, 0.2) is 0 Å². The molecule has 1 aromatic heterocycles. The molecule has 1 aliphatic heterocycles. The lowest BCUT2D eigenvalue weighted by Gasteiger charge is -2.31. The van der Waals surface area contributed by atoms with Crippen LogP contribution in [0.4, 0.5) is 20.8 Å². The van der Waals surface area contributed by atoms with Crippen molar-refractivity contribution in [1.82, 2.24) is 20.2 Å². The van der Waals surface area contributed by atoms with E-state index in [1.807, 2.05) is 0 Å². The van der Waals surface area contributed by atoms with Crippen LogP contribution in [0.5, 0.6) is 0 Å². The smallest absolute Gasteiger partial charge is 0.409 e. The first kappa shape index (κ1) is 19.5. The number of ether oxygens (including phenoxy) is 1. The van der Waals surface area contributed by atoms with E-state index in [1.54, 1.807) is 24.0 Å². The van der Waals surface area contributed by atoms with Crippen molar-refractivity contribution in [3.8, 4) is 0 Å². The van der Waals surface area contributed by atoms with Gasteiger partial charge in [0.2, 0.25) is 5.95 Å². The Hall–Kier alpha value is -3.23. The molecule has 2 N–H and O–H groups in total. The van der Waals surface area contributed by atoms with E-state index in [2.05, 4.69) is 20.6 Å². The molecule has 3 rings (SSSR count). The Kier molecular flexibility index (Phi) is 6.36. The lowest BCUT2D eigenvalue weighted by atomic mass is 10.1. The highest BCUT2D eigenvalue weighted by atomic mass is 19.1. The number of hydrogen-bond donors (Lipinski definition) is 2. The van der Waals surface area contributed by atoms with Crippen molar-refractivity contribution >= 4 is 23.6 Å². The summed E-state index contributed by atoms with van der Waals surface area (Å²) in [6.07, 6.45) is 3.83. The van der Waals surface area contributed by atoms with Crippen molar-refractivity contribution < 1.29 is 18.7 Å². The first-order valence-corrected chi connectivity index (χ1v) is 9.12. The van der Waals surface area contributed by atoms with Crippen LogP contribution >= 0.6 is 0 Å². The number of nitrogens with zero attached hydrogens (tertiary/aromatic N) is 3. The zero-order valence-corrected chi connectivity index (χ0v) is 15.5. The van der Waals surface area contributed by atoms with Gasteiger partial charge in [0.1, 0.15) is 5.82 Å². The van der Waals surface area contributed by atoms with E-state index in [4.69, 9.17) is 4.74 Å². The third kappa shape index (κ3) is 5.15. The standard InChI is InChI=1S/C19H22FN5O3/c1-2-28-19(27)25-8-6-15(7-9-25)23-17(26)13-11-21-18(22-12-13)24-16-5-3-4-14(20)10-16/h3-5,10-12,15H,2,6-9H2,1H3,(H,23,26)(H,21,22,24). The van der Waals surface area contributed by atoms with Gasteiger partial charge >= 0.3 is 6.09 Å². The second-order valence-electron chi connectivity index (χ2n) is 6.36. The molecule has 1 saturated heterocycles. The van der Waals surface area contributed by atoms with Gasteiger partial charge in [-0.1, -0.05) is 6.07 Å². The van der Waals surface area contributed by atoms with Crippen LogP contribution in [0.25, 0.3) is 0 Å². The van der Waals surface area contributed by atoms with Crippen molar-refractivity contribution in [2.24, 2.45) is 0 Å². The number of rotatable bonds is 5. The van der Waals surface area contributed by atoms with Crippen molar-refractivity contribution in [3.05, 3.63) is 48.0 Å². The summed E-state index contributed by atoms with van der Waals surface area (Å²) in [5.41, 5.74) is 0.850. The quantitative estimate of drug-likeness (QED) is 0.819. The van der Waals surface area contributed by atoms with Gasteiger partial charge in [-0.15, -0.1) is 0 Å². The molecule has 0 saturated carbocycles. The number of halogens is 1. The van der Waals surface area contributed by atoms with Gasteiger partial charge in [-0.25, -0.2) is 19.2 Å². The average molecular weight is 387 g/mol. The molecule has 0 aliphatic carbocycles. The Bertz CT molecular complexity index is 823. The van der Waals surface area contributed by atoms with Crippen LogP contribution in [0.15, 0.2) is 36.7 Å². The maximum atomic E-state index is 13.2. The van der Waals surface area contributed by atoms with Crippen LogP contribution in [-0.4, -0.2) is 52.6 Å². The summed E-state index contributed by atoms with van der Waals surface area (Å²) >= 11 is 0. The van der Waals surface area contributed by atoms with Crippen LogP contribution in [0.3, 0.4) is 0 Å². The van der Waals surface area contributed by atoms with Gasteiger partial charge in [0.05, 0.1) is 12.2 Å². The number of nitrogens with one attached hydrogen (secondary N) is 2. The maximum absolute atomic E-state index is 13.2. The summed E-state index contributed by atoms with van der Waals surface area (Å²) in [7, 11) is 0. The molecular weight excluding hydrogens is 365 g/mol. The highest BCUT2D eigenvalue weighted by Crippen LogP contribution is 2.15. The summed E-state index contributed by atoms with van der Waals surface area (Å²) < 4.78 is 18.2. The second kappa shape index (κ2) is 9.12. The predicted octanol–water partition coefficient (Wildman–Crippen LogP) is 2.71. The lowest BCUT2D eigenvalue weighted by molar-refractivity contribution is 0.0859. The van der Waals surface area contributed by atoms with E-state index in [9.17, 15) is 14.0 Å². The Balaban J connectivity index is 1.50. The molecule has 0 radical (unpaired) electrons. The van der Waals surface area contributed by atoms with E-state index in [0.717, 1.165) is 0 Å². The number of amides is 2. The summed E-state index contributed by atoms with van der Waals surface area (Å²) in [5, 5.41) is 5.81. The molecule has 0 spiro atoms. The molecule has 2 aromatic rings. The summed E-state index contributed by atoms with van der Waals surface area (Å²) in [6, 6.07) is 5.91. The van der Waals surface area contributed by atoms with Gasteiger partial charge in [0.25, 0.3) is 5.91 Å². The Labute approximate surface area is 162 Å². The van der Waals surface area contributed by atoms with Gasteiger partial charge in [-0.05, 0) is 38.0 Å². The molecule has 1 fully saturated rings. The number of aromatic nitrogens is 2. The van der Waals surface area contributed by atoms with Crippen molar-refractivity contribution in [1.29, 1.82) is 0 Å². The molecule has 2 heterocycles. The maximum Gasteiger partial charge on any atom is 0.409 e. The van der Waals surface area contributed by atoms with E-state index in [0.29, 0.717) is 43.8 Å². The van der Waals surface area contributed by atoms with Gasteiger partial charge in [0, 0.05) is 37.2 Å². The molecular formula is C19H22FN5O3. The average Bonchev–Trinajstić information content (AvgIpc) is 2.69. The van der Waals surface area contributed by atoms with Crippen molar-refractivity contribution in [2.45, 2.75) is 25.8 Å². The second-order valence-corrected chi connectivity index (χ2v) is 6.36. The highest BCUT2D eigenvalue weighted by molar-refractivity contribution is 5.93. The van der Waals surface area contributed by atoms with Crippen LogP contribution in [-0.2, 0) is 4.74 Å². The monoisotopic (exact) mass is 387 g/mol. The minimum absolute atomic E-state index is 0.0247. The molecule has 28 heavy (non-hydrogen) atoms. The number of carbonyl (C=O) groups is 2. The summed E-state index contributed by atoms with van der Waals surface area (Å²) in [5.74, 6) is -0.369. The van der Waals surface area contributed by atoms with Crippen LogP contribution in [0.2, 0.25) is 0 Å². The predicted molar refractivity (Wildman–Crippen MR) is 101 cm³/mol. The molecule has 0 bridgehead atoms. The van der Waals surface area contributed by atoms with E-state index in [1.165, 1.54) is 24.5 Å². The number of hydrogen-bond acceptors (Lipinski definition) is 6. The van der Waals surface area contributed by atoms with Crippen LogP contribution < -0.4 is 10.6 Å². The van der Waals surface area contributed by atoms with Gasteiger partial charge in [-0.2, -0.15) is 0 Å². The molecule has 2 amide bonds. The number of carbonyl (C=O) groups excluding carboxylic acids is 2. The summed E-state index contributed by atoms with van der Waals surface area (Å²) in [4.78, 5) is 33.9. The topological polar surface area (TPSA) is 96.5 Å². The molecule has 148 valence electrons. The van der Waals surface area contributed by atoms with Gasteiger partial charge < -0.3 is 20.3 Å². The van der Waals surface area contributed by atoms with E-state index in [-0.39, 0.29) is 29.8 Å². The first-order chi connectivity index (χ1) is 13.5. The number of piperidine rings is 1. The fourth-order valence-electron chi connectivity index (χ4n) is 2.90. The molecule has 0 atom stereocenters. The largest absolute Gasteiger partial charge is 0.450 e. The normalized spacial score (nSPS) is 14.4. The van der Waals surface area contributed by atoms with Crippen molar-refractivity contribution in [2.75, 3.05) is 25.0 Å². The van der Waals surface area contributed by atoms with Gasteiger partial charge in [-0.3, -0.25) is 4.79 Å². The number of likely N-dealkylation sites (tertiary alicyclic amines) is 1. The first-order valence-electron chi connectivity index (χ1n) is 9.12. The molecule has 8 nitrogen and oxygen atoms in total. The lowest BCUT2D eigenvalue weighted by Crippen LogP contribution is -2.46. The SMILES string of the molecule is CCOC(=O)N1CCC(NC(=O)c2cnc(Nc3cccc(F)c3)nc2)CC1. The minimum Gasteiger partial charge on any atom is -0.450 e. The zero-order chi connectivity index (χ0) is 19.9. The van der Waals surface area contributed by atoms with Crippen LogP contribution in [0, 0.1) is 5.82 Å². The van der Waals surface area contributed by atoms with Crippen molar-refractivity contribution in [3.63, 3.8) is 0 Å². The molecule has 9 heteroatoms. The Morgan fingerprint density at radius 2 is 1.96 bits per heavy atom. The third-order valence-corrected chi connectivity index (χ3v) is 4.35. The minimum atomic E-state index is -0.366. The number of benzene rings is 1. The Morgan fingerprint density at radius 3 is 2.61 bits per heavy atom. The molecule has 1 aliphatic rings. The number of anilines is 2. The molecule has 1 aromatic carbocycles.